The minimum Gasteiger partial charge on any atom is -0.352 e. The zero-order valence-corrected chi connectivity index (χ0v) is 10.7. The maximum Gasteiger partial charge on any atom is 0.202 e. The molecule has 0 aliphatic heterocycles. The summed E-state index contributed by atoms with van der Waals surface area (Å²) in [5.74, 6) is -0.227. The molecule has 1 N–H and O–H groups in total. The van der Waals surface area contributed by atoms with E-state index in [4.69, 9.17) is 0 Å². The number of carbonyl (C=O) groups excluding carboxylic acids is 2. The van der Waals surface area contributed by atoms with Crippen molar-refractivity contribution in [3.05, 3.63) is 52.7 Å². The van der Waals surface area contributed by atoms with Crippen LogP contribution in [0.25, 0.3) is 0 Å². The molecule has 1 aromatic carbocycles. The molecule has 2 rings (SSSR count). The van der Waals surface area contributed by atoms with Gasteiger partial charge in [-0.25, -0.2) is 0 Å². The highest BCUT2D eigenvalue weighted by atomic mass is 16.1. The largest absolute Gasteiger partial charge is 0.352 e. The van der Waals surface area contributed by atoms with Gasteiger partial charge in [0, 0.05) is 16.8 Å². The Morgan fingerprint density at radius 2 is 1.56 bits per heavy atom. The van der Waals surface area contributed by atoms with E-state index in [1.807, 2.05) is 31.2 Å². The van der Waals surface area contributed by atoms with Gasteiger partial charge in [-0.3, -0.25) is 9.59 Å². The number of aryl methyl sites for hydroxylation is 1. The maximum atomic E-state index is 11.9. The van der Waals surface area contributed by atoms with Crippen molar-refractivity contribution >= 4 is 17.3 Å². The number of ketones is 2. The highest BCUT2D eigenvalue weighted by Gasteiger charge is 2.23. The summed E-state index contributed by atoms with van der Waals surface area (Å²) in [7, 11) is 0. The van der Waals surface area contributed by atoms with Crippen LogP contribution in [0.1, 0.15) is 19.4 Å². The molecule has 92 valence electrons. The summed E-state index contributed by atoms with van der Waals surface area (Å²) in [5, 5.41) is 3.02. The summed E-state index contributed by atoms with van der Waals surface area (Å²) in [4.78, 5) is 23.7. The first-order chi connectivity index (χ1) is 8.49. The Labute approximate surface area is 106 Å². The second-order valence-electron chi connectivity index (χ2n) is 4.51. The van der Waals surface area contributed by atoms with Gasteiger partial charge in [-0.1, -0.05) is 17.7 Å². The molecule has 0 saturated heterocycles. The molecule has 0 saturated carbocycles. The van der Waals surface area contributed by atoms with Gasteiger partial charge in [0.2, 0.25) is 5.78 Å². The Bertz CT molecular complexity index is 577. The van der Waals surface area contributed by atoms with E-state index in [0.717, 1.165) is 11.3 Å². The average Bonchev–Trinajstić information content (AvgIpc) is 2.34. The van der Waals surface area contributed by atoms with Crippen LogP contribution in [0.4, 0.5) is 5.69 Å². The lowest BCUT2D eigenvalue weighted by Crippen LogP contribution is -2.21. The van der Waals surface area contributed by atoms with E-state index in [2.05, 4.69) is 5.32 Å². The van der Waals surface area contributed by atoms with Crippen molar-refractivity contribution in [2.45, 2.75) is 20.8 Å². The predicted molar refractivity (Wildman–Crippen MR) is 71.3 cm³/mol. The number of nitrogens with one attached hydrogen (secondary N) is 1. The van der Waals surface area contributed by atoms with Crippen molar-refractivity contribution in [3.63, 3.8) is 0 Å². The molecule has 0 radical (unpaired) electrons. The molecule has 18 heavy (non-hydrogen) atoms. The molecular weight excluding hydrogens is 226 g/mol. The molecule has 0 atom stereocenters. The Balaban J connectivity index is 2.31. The first-order valence-corrected chi connectivity index (χ1v) is 5.81. The standard InChI is InChI=1S/C15H15NO2/c1-9-4-6-12(7-5-9)16-14-11(3)15(18)10(2)8-13(14)17/h4-8,16H,1-3H3. The molecule has 0 unspecified atom stereocenters. The van der Waals surface area contributed by atoms with Gasteiger partial charge < -0.3 is 5.32 Å². The van der Waals surface area contributed by atoms with Gasteiger partial charge in [0.05, 0.1) is 5.70 Å². The zero-order chi connectivity index (χ0) is 13.3. The van der Waals surface area contributed by atoms with Crippen molar-refractivity contribution in [2.24, 2.45) is 0 Å². The molecule has 0 fully saturated rings. The number of benzene rings is 1. The summed E-state index contributed by atoms with van der Waals surface area (Å²) in [6.45, 7) is 5.33. The Morgan fingerprint density at radius 1 is 0.944 bits per heavy atom. The van der Waals surface area contributed by atoms with Crippen LogP contribution in [-0.2, 0) is 9.59 Å². The van der Waals surface area contributed by atoms with Gasteiger partial charge in [0.25, 0.3) is 0 Å². The molecule has 0 bridgehead atoms. The van der Waals surface area contributed by atoms with Gasteiger partial charge in [-0.2, -0.15) is 0 Å². The lowest BCUT2D eigenvalue weighted by molar-refractivity contribution is -0.115. The Kier molecular flexibility index (Phi) is 3.15. The fourth-order valence-corrected chi connectivity index (χ4v) is 1.87. The van der Waals surface area contributed by atoms with Crippen LogP contribution >= 0.6 is 0 Å². The monoisotopic (exact) mass is 241 g/mol. The van der Waals surface area contributed by atoms with Crippen molar-refractivity contribution < 1.29 is 9.59 Å². The average molecular weight is 241 g/mol. The Hall–Kier alpha value is -2.16. The van der Waals surface area contributed by atoms with Gasteiger partial charge in [0.15, 0.2) is 5.78 Å². The van der Waals surface area contributed by atoms with Crippen molar-refractivity contribution in [3.8, 4) is 0 Å². The van der Waals surface area contributed by atoms with Gasteiger partial charge >= 0.3 is 0 Å². The highest BCUT2D eigenvalue weighted by molar-refractivity contribution is 6.23. The Morgan fingerprint density at radius 3 is 2.17 bits per heavy atom. The summed E-state index contributed by atoms with van der Waals surface area (Å²) in [5.41, 5.74) is 3.29. The number of carbonyl (C=O) groups is 2. The first kappa shape index (κ1) is 12.3. The number of anilines is 1. The number of rotatable bonds is 2. The lowest BCUT2D eigenvalue weighted by Gasteiger charge is -2.16. The molecule has 1 aliphatic carbocycles. The highest BCUT2D eigenvalue weighted by Crippen LogP contribution is 2.21. The van der Waals surface area contributed by atoms with E-state index in [1.165, 1.54) is 6.08 Å². The molecule has 1 aromatic rings. The molecular formula is C15H15NO2. The minimum absolute atomic E-state index is 0.0794. The van der Waals surface area contributed by atoms with E-state index in [-0.39, 0.29) is 11.6 Å². The van der Waals surface area contributed by atoms with E-state index < -0.39 is 0 Å². The summed E-state index contributed by atoms with van der Waals surface area (Å²) < 4.78 is 0. The van der Waals surface area contributed by atoms with E-state index in [9.17, 15) is 9.59 Å². The molecule has 3 nitrogen and oxygen atoms in total. The third-order valence-electron chi connectivity index (χ3n) is 2.99. The second-order valence-corrected chi connectivity index (χ2v) is 4.51. The molecule has 1 aliphatic rings. The number of Topliss-reactive ketones (excluding diaryl/α,β-unsaturated/α-hetero) is 1. The molecule has 0 spiro atoms. The third-order valence-corrected chi connectivity index (χ3v) is 2.99. The van der Waals surface area contributed by atoms with E-state index in [1.54, 1.807) is 13.8 Å². The zero-order valence-electron chi connectivity index (χ0n) is 10.7. The number of allylic oxidation sites excluding steroid dienone is 3. The fraction of sp³-hybridized carbons (Fsp3) is 0.200. The second kappa shape index (κ2) is 4.61. The normalized spacial score (nSPS) is 15.8. The topological polar surface area (TPSA) is 46.2 Å². The SMILES string of the molecule is CC1=CC(=O)C(Nc2ccc(C)cc2)=C(C)C1=O. The van der Waals surface area contributed by atoms with Crippen LogP contribution in [0.5, 0.6) is 0 Å². The molecule has 0 amide bonds. The number of hydrogen-bond donors (Lipinski definition) is 1. The van der Waals surface area contributed by atoms with Gasteiger partial charge in [0.1, 0.15) is 0 Å². The van der Waals surface area contributed by atoms with Crippen LogP contribution in [0.3, 0.4) is 0 Å². The first-order valence-electron chi connectivity index (χ1n) is 5.81. The smallest absolute Gasteiger partial charge is 0.202 e. The van der Waals surface area contributed by atoms with Gasteiger partial charge in [-0.15, -0.1) is 0 Å². The van der Waals surface area contributed by atoms with Crippen molar-refractivity contribution in [1.82, 2.24) is 0 Å². The van der Waals surface area contributed by atoms with Crippen molar-refractivity contribution in [2.75, 3.05) is 5.32 Å². The van der Waals surface area contributed by atoms with Crippen LogP contribution in [0, 0.1) is 6.92 Å². The van der Waals surface area contributed by atoms with Crippen LogP contribution in [0.15, 0.2) is 47.2 Å². The van der Waals surface area contributed by atoms with Crippen LogP contribution in [0.2, 0.25) is 0 Å². The van der Waals surface area contributed by atoms with E-state index in [0.29, 0.717) is 16.8 Å². The third kappa shape index (κ3) is 2.25. The van der Waals surface area contributed by atoms with Crippen molar-refractivity contribution in [1.29, 1.82) is 0 Å². The van der Waals surface area contributed by atoms with Gasteiger partial charge in [-0.05, 0) is 39.0 Å². The fourth-order valence-electron chi connectivity index (χ4n) is 1.87. The minimum atomic E-state index is -0.148. The lowest BCUT2D eigenvalue weighted by atomic mass is 9.95. The molecule has 0 heterocycles. The van der Waals surface area contributed by atoms with E-state index >= 15 is 0 Å². The van der Waals surface area contributed by atoms with Crippen LogP contribution < -0.4 is 5.32 Å². The predicted octanol–water partition coefficient (Wildman–Crippen LogP) is 2.78. The molecule has 3 heteroatoms. The molecule has 0 aromatic heterocycles. The quantitative estimate of drug-likeness (QED) is 0.810. The summed E-state index contributed by atoms with van der Waals surface area (Å²) in [6.07, 6.45) is 1.38. The maximum absolute atomic E-state index is 11.9. The van der Waals surface area contributed by atoms with Crippen LogP contribution in [-0.4, -0.2) is 11.6 Å². The summed E-state index contributed by atoms with van der Waals surface area (Å²) >= 11 is 0. The number of hydrogen-bond acceptors (Lipinski definition) is 3. The summed E-state index contributed by atoms with van der Waals surface area (Å²) in [6, 6.07) is 7.68.